The first-order valence-electron chi connectivity index (χ1n) is 9.03. The summed E-state index contributed by atoms with van der Waals surface area (Å²) in [7, 11) is 0. The molecule has 1 heterocycles. The van der Waals surface area contributed by atoms with E-state index in [0.29, 0.717) is 11.6 Å². The Morgan fingerprint density at radius 3 is 2.58 bits per heavy atom. The van der Waals surface area contributed by atoms with Crippen LogP contribution in [0.2, 0.25) is 5.02 Å². The monoisotopic (exact) mass is 364 g/mol. The number of rotatable bonds is 4. The van der Waals surface area contributed by atoms with Crippen molar-refractivity contribution in [2.75, 3.05) is 0 Å². The minimum atomic E-state index is -0.0586. The van der Waals surface area contributed by atoms with E-state index in [0.717, 1.165) is 29.7 Å². The lowest BCUT2D eigenvalue weighted by atomic mass is 9.90. The highest BCUT2D eigenvalue weighted by Gasteiger charge is 2.14. The van der Waals surface area contributed by atoms with E-state index in [1.807, 2.05) is 59.4 Å². The summed E-state index contributed by atoms with van der Waals surface area (Å²) in [6, 6.07) is 15.8. The number of carbonyl (C=O) groups excluding carboxylic acids is 1. The summed E-state index contributed by atoms with van der Waals surface area (Å²) in [5.41, 5.74) is 5.31. The predicted molar refractivity (Wildman–Crippen MR) is 105 cm³/mol. The third kappa shape index (κ3) is 3.40. The van der Waals surface area contributed by atoms with Crippen LogP contribution < -0.4 is 5.32 Å². The highest BCUT2D eigenvalue weighted by atomic mass is 35.5. The highest BCUT2D eigenvalue weighted by molar-refractivity contribution is 6.31. The topological polar surface area (TPSA) is 34.0 Å². The molecule has 0 unspecified atom stereocenters. The van der Waals surface area contributed by atoms with Gasteiger partial charge in [0.05, 0.1) is 5.69 Å². The molecule has 0 spiro atoms. The summed E-state index contributed by atoms with van der Waals surface area (Å²) in [5.74, 6) is -0.0586. The molecule has 0 fully saturated rings. The first kappa shape index (κ1) is 16.9. The van der Waals surface area contributed by atoms with Crippen molar-refractivity contribution in [3.63, 3.8) is 0 Å². The molecule has 1 aliphatic carbocycles. The summed E-state index contributed by atoms with van der Waals surface area (Å²) in [6.45, 7) is 0.392. The quantitative estimate of drug-likeness (QED) is 0.699. The van der Waals surface area contributed by atoms with Gasteiger partial charge in [-0.15, -0.1) is 0 Å². The van der Waals surface area contributed by atoms with Crippen LogP contribution in [0.15, 0.2) is 60.9 Å². The third-order valence-electron chi connectivity index (χ3n) is 5.01. The number of carbonyl (C=O) groups is 1. The molecule has 0 saturated carbocycles. The van der Waals surface area contributed by atoms with Crippen molar-refractivity contribution in [1.82, 2.24) is 9.88 Å². The molecule has 1 amide bonds. The van der Waals surface area contributed by atoms with Crippen molar-refractivity contribution in [3.05, 3.63) is 88.2 Å². The number of hydrogen-bond donors (Lipinski definition) is 1. The van der Waals surface area contributed by atoms with Crippen LogP contribution in [0.4, 0.5) is 0 Å². The van der Waals surface area contributed by atoms with Gasteiger partial charge in [-0.25, -0.2) is 0 Å². The molecule has 0 saturated heterocycles. The molecule has 132 valence electrons. The van der Waals surface area contributed by atoms with Crippen molar-refractivity contribution >= 4 is 17.5 Å². The maximum Gasteiger partial charge on any atom is 0.251 e. The van der Waals surface area contributed by atoms with Crippen LogP contribution in [0.1, 0.15) is 39.9 Å². The second-order valence-corrected chi connectivity index (χ2v) is 7.11. The van der Waals surface area contributed by atoms with Crippen molar-refractivity contribution < 1.29 is 4.79 Å². The number of nitrogens with zero attached hydrogens (tertiary/aromatic N) is 1. The molecule has 1 aliphatic rings. The first-order valence-corrected chi connectivity index (χ1v) is 9.41. The second-order valence-electron chi connectivity index (χ2n) is 6.70. The average molecular weight is 365 g/mol. The molecule has 0 atom stereocenters. The summed E-state index contributed by atoms with van der Waals surface area (Å²) in [5, 5.41) is 3.68. The van der Waals surface area contributed by atoms with Crippen LogP contribution in [0.25, 0.3) is 5.69 Å². The maximum absolute atomic E-state index is 12.7. The molecular formula is C22H21ClN2O. The standard InChI is InChI=1S/C22H21ClN2O/c23-20-8-5-9-21(25-12-3-4-13-25)19(20)15-24-22(26)18-11-10-16-6-1-2-7-17(16)14-18/h3-5,8-14H,1-2,6-7,15H2,(H,24,26). The molecule has 1 N–H and O–H groups in total. The second kappa shape index (κ2) is 7.38. The van der Waals surface area contributed by atoms with E-state index in [4.69, 9.17) is 11.6 Å². The van der Waals surface area contributed by atoms with Crippen LogP contribution in [0, 0.1) is 0 Å². The van der Waals surface area contributed by atoms with Gasteiger partial charge >= 0.3 is 0 Å². The minimum absolute atomic E-state index is 0.0586. The molecule has 26 heavy (non-hydrogen) atoms. The van der Waals surface area contributed by atoms with Gasteiger partial charge in [-0.3, -0.25) is 4.79 Å². The molecule has 0 radical (unpaired) electrons. The van der Waals surface area contributed by atoms with Gasteiger partial charge in [0, 0.05) is 35.1 Å². The van der Waals surface area contributed by atoms with Crippen LogP contribution in [-0.4, -0.2) is 10.5 Å². The van der Waals surface area contributed by atoms with Gasteiger partial charge in [-0.05, 0) is 73.2 Å². The molecule has 3 aromatic rings. The summed E-state index contributed by atoms with van der Waals surface area (Å²) in [6.07, 6.45) is 8.59. The fourth-order valence-corrected chi connectivity index (χ4v) is 3.84. The summed E-state index contributed by atoms with van der Waals surface area (Å²) in [4.78, 5) is 12.7. The fraction of sp³-hybridized carbons (Fsp3) is 0.227. The van der Waals surface area contributed by atoms with Gasteiger partial charge in [0.2, 0.25) is 0 Å². The molecule has 0 bridgehead atoms. The molecule has 4 heteroatoms. The lowest BCUT2D eigenvalue weighted by Crippen LogP contribution is -2.24. The van der Waals surface area contributed by atoms with E-state index in [1.165, 1.54) is 24.0 Å². The van der Waals surface area contributed by atoms with E-state index in [1.54, 1.807) is 0 Å². The van der Waals surface area contributed by atoms with Crippen molar-refractivity contribution in [2.24, 2.45) is 0 Å². The zero-order valence-corrected chi connectivity index (χ0v) is 15.3. The number of fused-ring (bicyclic) bond motifs is 1. The average Bonchev–Trinajstić information content (AvgIpc) is 3.21. The number of halogens is 1. The highest BCUT2D eigenvalue weighted by Crippen LogP contribution is 2.24. The van der Waals surface area contributed by atoms with E-state index >= 15 is 0 Å². The predicted octanol–water partition coefficient (Wildman–Crippen LogP) is 4.94. The van der Waals surface area contributed by atoms with Crippen molar-refractivity contribution in [2.45, 2.75) is 32.2 Å². The summed E-state index contributed by atoms with van der Waals surface area (Å²) < 4.78 is 2.01. The number of aryl methyl sites for hydroxylation is 2. The Morgan fingerprint density at radius 1 is 1.00 bits per heavy atom. The number of aromatic nitrogens is 1. The Balaban J connectivity index is 1.54. The van der Waals surface area contributed by atoms with Crippen LogP contribution in [0.5, 0.6) is 0 Å². The Morgan fingerprint density at radius 2 is 1.77 bits per heavy atom. The van der Waals surface area contributed by atoms with Crippen molar-refractivity contribution in [3.8, 4) is 5.69 Å². The van der Waals surface area contributed by atoms with Crippen LogP contribution in [0.3, 0.4) is 0 Å². The zero-order valence-electron chi connectivity index (χ0n) is 14.5. The minimum Gasteiger partial charge on any atom is -0.348 e. The Hall–Kier alpha value is -2.52. The Kier molecular flexibility index (Phi) is 4.81. The summed E-state index contributed by atoms with van der Waals surface area (Å²) >= 11 is 6.41. The van der Waals surface area contributed by atoms with E-state index in [9.17, 15) is 4.79 Å². The maximum atomic E-state index is 12.7. The third-order valence-corrected chi connectivity index (χ3v) is 5.37. The van der Waals surface area contributed by atoms with Crippen molar-refractivity contribution in [1.29, 1.82) is 0 Å². The van der Waals surface area contributed by atoms with Gasteiger partial charge < -0.3 is 9.88 Å². The van der Waals surface area contributed by atoms with E-state index in [2.05, 4.69) is 11.4 Å². The first-order chi connectivity index (χ1) is 12.7. The lowest BCUT2D eigenvalue weighted by Gasteiger charge is -2.17. The Bertz CT molecular complexity index is 931. The van der Waals surface area contributed by atoms with Gasteiger partial charge in [0.25, 0.3) is 5.91 Å². The van der Waals surface area contributed by atoms with Gasteiger partial charge in [0.1, 0.15) is 0 Å². The van der Waals surface area contributed by atoms with Gasteiger partial charge in [-0.1, -0.05) is 23.7 Å². The molecule has 3 nitrogen and oxygen atoms in total. The van der Waals surface area contributed by atoms with Gasteiger partial charge in [-0.2, -0.15) is 0 Å². The molecule has 2 aromatic carbocycles. The normalized spacial score (nSPS) is 13.3. The number of nitrogens with one attached hydrogen (secondary N) is 1. The van der Waals surface area contributed by atoms with Gasteiger partial charge in [0.15, 0.2) is 0 Å². The van der Waals surface area contributed by atoms with Crippen LogP contribution >= 0.6 is 11.6 Å². The lowest BCUT2D eigenvalue weighted by molar-refractivity contribution is 0.0951. The fourth-order valence-electron chi connectivity index (χ4n) is 3.60. The van der Waals surface area contributed by atoms with E-state index < -0.39 is 0 Å². The smallest absolute Gasteiger partial charge is 0.251 e. The van der Waals surface area contributed by atoms with Crippen LogP contribution in [-0.2, 0) is 19.4 Å². The number of benzene rings is 2. The van der Waals surface area contributed by atoms with E-state index in [-0.39, 0.29) is 5.91 Å². The largest absolute Gasteiger partial charge is 0.348 e. The number of amides is 1. The SMILES string of the molecule is O=C(NCc1c(Cl)cccc1-n1cccc1)c1ccc2c(c1)CCCC2. The molecule has 4 rings (SSSR count). The number of hydrogen-bond acceptors (Lipinski definition) is 1. The molecule has 0 aliphatic heterocycles. The molecule has 1 aromatic heterocycles. The Labute approximate surface area is 158 Å². The molecular weight excluding hydrogens is 344 g/mol. The zero-order chi connectivity index (χ0) is 17.9.